The van der Waals surface area contributed by atoms with Crippen LogP contribution in [0, 0.1) is 5.92 Å². The SMILES string of the molecule is CCc1ncc(S(=O)(=O)N2CCC(CC(=O)O)C2)[nH]1. The van der Waals surface area contributed by atoms with Crippen LogP contribution in [0.4, 0.5) is 0 Å². The Morgan fingerprint density at radius 3 is 2.95 bits per heavy atom. The first kappa shape index (κ1) is 14.0. The summed E-state index contributed by atoms with van der Waals surface area (Å²) in [6, 6.07) is 0. The molecule has 0 saturated carbocycles. The minimum Gasteiger partial charge on any atom is -0.481 e. The van der Waals surface area contributed by atoms with Crippen molar-refractivity contribution in [3.8, 4) is 0 Å². The molecule has 0 aromatic carbocycles. The second kappa shape index (κ2) is 5.30. The highest BCUT2D eigenvalue weighted by molar-refractivity contribution is 7.89. The first-order chi connectivity index (χ1) is 8.93. The molecular weight excluding hydrogens is 270 g/mol. The van der Waals surface area contributed by atoms with E-state index < -0.39 is 16.0 Å². The van der Waals surface area contributed by atoms with Crippen LogP contribution in [-0.4, -0.2) is 46.9 Å². The van der Waals surface area contributed by atoms with Crippen molar-refractivity contribution in [1.29, 1.82) is 0 Å². The second-order valence-corrected chi connectivity index (χ2v) is 6.57. The summed E-state index contributed by atoms with van der Waals surface area (Å²) in [6.07, 6.45) is 2.55. The van der Waals surface area contributed by atoms with Crippen molar-refractivity contribution in [3.63, 3.8) is 0 Å². The van der Waals surface area contributed by atoms with Gasteiger partial charge in [0.25, 0.3) is 10.0 Å². The third kappa shape index (κ3) is 2.95. The van der Waals surface area contributed by atoms with Gasteiger partial charge in [0.2, 0.25) is 0 Å². The highest BCUT2D eigenvalue weighted by Gasteiger charge is 2.34. The van der Waals surface area contributed by atoms with Gasteiger partial charge in [-0.25, -0.2) is 13.4 Å². The van der Waals surface area contributed by atoms with Gasteiger partial charge in [0.15, 0.2) is 5.03 Å². The predicted molar refractivity (Wildman–Crippen MR) is 67.1 cm³/mol. The Labute approximate surface area is 111 Å². The number of aryl methyl sites for hydroxylation is 1. The number of hydrogen-bond donors (Lipinski definition) is 2. The van der Waals surface area contributed by atoms with Gasteiger partial charge >= 0.3 is 5.97 Å². The van der Waals surface area contributed by atoms with Crippen LogP contribution in [0.15, 0.2) is 11.2 Å². The van der Waals surface area contributed by atoms with Crippen LogP contribution in [0.3, 0.4) is 0 Å². The lowest BCUT2D eigenvalue weighted by molar-refractivity contribution is -0.137. The molecule has 7 nitrogen and oxygen atoms in total. The molecule has 1 aliphatic heterocycles. The smallest absolute Gasteiger partial charge is 0.303 e. The van der Waals surface area contributed by atoms with E-state index in [0.717, 1.165) is 0 Å². The fraction of sp³-hybridized carbons (Fsp3) is 0.636. The zero-order chi connectivity index (χ0) is 14.0. The molecule has 1 aliphatic rings. The van der Waals surface area contributed by atoms with E-state index in [4.69, 9.17) is 5.11 Å². The molecule has 0 spiro atoms. The topological polar surface area (TPSA) is 103 Å². The molecule has 1 unspecified atom stereocenters. The number of H-pyrrole nitrogens is 1. The maximum absolute atomic E-state index is 12.3. The number of carboxylic acids is 1. The summed E-state index contributed by atoms with van der Waals surface area (Å²) in [5, 5.41) is 8.81. The zero-order valence-corrected chi connectivity index (χ0v) is 11.5. The standard InChI is InChI=1S/C11H17N3O4S/c1-2-9-12-6-10(13-9)19(17,18)14-4-3-8(7-14)5-11(15)16/h6,8H,2-5,7H2,1H3,(H,12,13)(H,15,16). The average Bonchev–Trinajstić information content (AvgIpc) is 2.96. The van der Waals surface area contributed by atoms with Crippen LogP contribution in [0.2, 0.25) is 0 Å². The molecule has 1 atom stereocenters. The van der Waals surface area contributed by atoms with Crippen molar-refractivity contribution in [3.05, 3.63) is 12.0 Å². The molecule has 106 valence electrons. The summed E-state index contributed by atoms with van der Waals surface area (Å²) in [4.78, 5) is 17.4. The Bertz CT molecular complexity index is 566. The largest absolute Gasteiger partial charge is 0.481 e. The number of aliphatic carboxylic acids is 1. The number of sulfonamides is 1. The highest BCUT2D eigenvalue weighted by Crippen LogP contribution is 2.25. The Morgan fingerprint density at radius 1 is 1.63 bits per heavy atom. The zero-order valence-electron chi connectivity index (χ0n) is 10.7. The summed E-state index contributed by atoms with van der Waals surface area (Å²) >= 11 is 0. The van der Waals surface area contributed by atoms with Gasteiger partial charge in [0.05, 0.1) is 6.20 Å². The Kier molecular flexibility index (Phi) is 3.91. The summed E-state index contributed by atoms with van der Waals surface area (Å²) in [5.41, 5.74) is 0. The van der Waals surface area contributed by atoms with Gasteiger partial charge in [-0.05, 0) is 12.3 Å². The number of aromatic amines is 1. The van der Waals surface area contributed by atoms with E-state index in [9.17, 15) is 13.2 Å². The van der Waals surface area contributed by atoms with Crippen molar-refractivity contribution in [2.24, 2.45) is 5.92 Å². The Hall–Kier alpha value is -1.41. The van der Waals surface area contributed by atoms with Crippen molar-refractivity contribution in [2.75, 3.05) is 13.1 Å². The van der Waals surface area contributed by atoms with Crippen molar-refractivity contribution in [1.82, 2.24) is 14.3 Å². The molecule has 0 bridgehead atoms. The molecular formula is C11H17N3O4S. The van der Waals surface area contributed by atoms with Crippen molar-refractivity contribution in [2.45, 2.75) is 31.2 Å². The summed E-state index contributed by atoms with van der Waals surface area (Å²) in [6.45, 7) is 2.50. The molecule has 1 aromatic rings. The van der Waals surface area contributed by atoms with E-state index >= 15 is 0 Å². The minimum absolute atomic E-state index is 0.00913. The number of hydrogen-bond acceptors (Lipinski definition) is 4. The monoisotopic (exact) mass is 287 g/mol. The van der Waals surface area contributed by atoms with Crippen LogP contribution in [0.1, 0.15) is 25.6 Å². The van der Waals surface area contributed by atoms with Crippen LogP contribution in [0.25, 0.3) is 0 Å². The molecule has 1 fully saturated rings. The molecule has 0 aliphatic carbocycles. The average molecular weight is 287 g/mol. The normalized spacial score (nSPS) is 20.8. The van der Waals surface area contributed by atoms with E-state index in [-0.39, 0.29) is 23.9 Å². The van der Waals surface area contributed by atoms with E-state index in [2.05, 4.69) is 9.97 Å². The lowest BCUT2D eigenvalue weighted by Gasteiger charge is -2.14. The molecule has 2 rings (SSSR count). The number of imidazole rings is 1. The molecule has 2 heterocycles. The lowest BCUT2D eigenvalue weighted by atomic mass is 10.1. The number of carboxylic acid groups (broad SMARTS) is 1. The van der Waals surface area contributed by atoms with Gasteiger partial charge in [-0.2, -0.15) is 4.31 Å². The molecule has 0 amide bonds. The van der Waals surface area contributed by atoms with Crippen LogP contribution in [0.5, 0.6) is 0 Å². The van der Waals surface area contributed by atoms with Crippen LogP contribution in [-0.2, 0) is 21.2 Å². The van der Waals surface area contributed by atoms with Gasteiger partial charge in [-0.3, -0.25) is 4.79 Å². The molecule has 19 heavy (non-hydrogen) atoms. The van der Waals surface area contributed by atoms with E-state index in [1.54, 1.807) is 0 Å². The maximum atomic E-state index is 12.3. The van der Waals surface area contributed by atoms with Gasteiger partial charge in [-0.1, -0.05) is 6.92 Å². The van der Waals surface area contributed by atoms with Gasteiger partial charge in [0.1, 0.15) is 5.82 Å². The summed E-state index contributed by atoms with van der Waals surface area (Å²) < 4.78 is 25.9. The van der Waals surface area contributed by atoms with Gasteiger partial charge < -0.3 is 10.1 Å². The Morgan fingerprint density at radius 2 is 2.37 bits per heavy atom. The van der Waals surface area contributed by atoms with Crippen LogP contribution < -0.4 is 0 Å². The minimum atomic E-state index is -3.57. The van der Waals surface area contributed by atoms with Gasteiger partial charge in [0, 0.05) is 25.9 Å². The van der Waals surface area contributed by atoms with E-state index in [0.29, 0.717) is 25.2 Å². The maximum Gasteiger partial charge on any atom is 0.303 e. The number of aromatic nitrogens is 2. The van der Waals surface area contributed by atoms with Crippen LogP contribution >= 0.6 is 0 Å². The molecule has 1 saturated heterocycles. The summed E-state index contributed by atoms with van der Waals surface area (Å²) in [7, 11) is -3.57. The quantitative estimate of drug-likeness (QED) is 0.818. The van der Waals surface area contributed by atoms with Crippen molar-refractivity contribution < 1.29 is 18.3 Å². The Balaban J connectivity index is 2.11. The highest BCUT2D eigenvalue weighted by atomic mass is 32.2. The first-order valence-corrected chi connectivity index (χ1v) is 7.63. The molecule has 1 aromatic heterocycles. The summed E-state index contributed by atoms with van der Waals surface area (Å²) in [5.74, 6) is -0.375. The lowest BCUT2D eigenvalue weighted by Crippen LogP contribution is -2.29. The fourth-order valence-corrected chi connectivity index (χ4v) is 3.69. The molecule has 2 N–H and O–H groups in total. The third-order valence-corrected chi connectivity index (χ3v) is 5.04. The van der Waals surface area contributed by atoms with Crippen molar-refractivity contribution >= 4 is 16.0 Å². The number of nitrogens with one attached hydrogen (secondary N) is 1. The first-order valence-electron chi connectivity index (χ1n) is 6.19. The fourth-order valence-electron chi connectivity index (χ4n) is 2.22. The number of rotatable bonds is 5. The van der Waals surface area contributed by atoms with Gasteiger partial charge in [-0.15, -0.1) is 0 Å². The molecule has 8 heteroatoms. The number of carbonyl (C=O) groups is 1. The van der Waals surface area contributed by atoms with E-state index in [1.165, 1.54) is 10.5 Å². The predicted octanol–water partition coefficient (Wildman–Crippen LogP) is 0.457. The third-order valence-electron chi connectivity index (χ3n) is 3.27. The van der Waals surface area contributed by atoms with E-state index in [1.807, 2.05) is 6.92 Å². The second-order valence-electron chi connectivity index (χ2n) is 4.66. The molecule has 0 radical (unpaired) electrons. The number of nitrogens with zero attached hydrogens (tertiary/aromatic N) is 2.